The zero-order valence-corrected chi connectivity index (χ0v) is 19.9. The van der Waals surface area contributed by atoms with Crippen LogP contribution >= 0.6 is 11.6 Å². The Balaban J connectivity index is 1.57. The average molecular weight is 459 g/mol. The molecule has 4 aromatic rings. The van der Waals surface area contributed by atoms with Crippen molar-refractivity contribution in [3.63, 3.8) is 0 Å². The van der Waals surface area contributed by atoms with Crippen LogP contribution in [0.1, 0.15) is 11.1 Å². The van der Waals surface area contributed by atoms with Gasteiger partial charge in [-0.15, -0.1) is 0 Å². The van der Waals surface area contributed by atoms with E-state index in [9.17, 15) is 0 Å². The molecule has 0 unspecified atom stereocenters. The third-order valence-electron chi connectivity index (χ3n) is 6.21. The first-order chi connectivity index (χ1) is 16.0. The summed E-state index contributed by atoms with van der Waals surface area (Å²) >= 11 is 6.28. The van der Waals surface area contributed by atoms with E-state index in [1.54, 1.807) is 7.11 Å². The molecule has 1 aliphatic heterocycles. The number of anilines is 2. The van der Waals surface area contributed by atoms with Crippen molar-refractivity contribution in [2.75, 3.05) is 32.6 Å². The number of likely N-dealkylation sites (N-methyl/N-ethyl adjacent to an activating group) is 1. The Hall–Kier alpha value is -3.44. The molecule has 0 radical (unpaired) electrons. The molecule has 0 atom stereocenters. The van der Waals surface area contributed by atoms with Crippen LogP contribution in [0.4, 0.5) is 11.4 Å². The van der Waals surface area contributed by atoms with Crippen LogP contribution in [0.3, 0.4) is 0 Å². The van der Waals surface area contributed by atoms with Gasteiger partial charge in [0.15, 0.2) is 0 Å². The summed E-state index contributed by atoms with van der Waals surface area (Å²) < 4.78 is 5.49. The first-order valence-electron chi connectivity index (χ1n) is 11.1. The molecule has 0 amide bonds. The van der Waals surface area contributed by atoms with E-state index < -0.39 is 0 Å². The number of benzene rings is 3. The SMILES string of the molecule is COc1ccc2nc3cc(Cl)ccc3c(Nc3ccc(C)c(CN4C=CN(C)CC4)c3)c2c1. The number of ether oxygens (including phenoxy) is 1. The highest BCUT2D eigenvalue weighted by Gasteiger charge is 2.13. The van der Waals surface area contributed by atoms with Gasteiger partial charge in [-0.2, -0.15) is 0 Å². The third-order valence-corrected chi connectivity index (χ3v) is 6.44. The maximum atomic E-state index is 6.28. The topological polar surface area (TPSA) is 40.6 Å². The molecule has 5 rings (SSSR count). The Morgan fingerprint density at radius 2 is 1.85 bits per heavy atom. The number of hydrogen-bond acceptors (Lipinski definition) is 5. The zero-order valence-electron chi connectivity index (χ0n) is 19.1. The van der Waals surface area contributed by atoms with Gasteiger partial charge >= 0.3 is 0 Å². The van der Waals surface area contributed by atoms with Crippen molar-refractivity contribution in [1.82, 2.24) is 14.8 Å². The number of rotatable bonds is 5. The van der Waals surface area contributed by atoms with Crippen LogP contribution < -0.4 is 10.1 Å². The number of nitrogens with zero attached hydrogens (tertiary/aromatic N) is 3. The summed E-state index contributed by atoms with van der Waals surface area (Å²) in [6.45, 7) is 5.10. The summed E-state index contributed by atoms with van der Waals surface area (Å²) in [5.41, 5.74) is 6.38. The van der Waals surface area contributed by atoms with Crippen LogP contribution in [0, 0.1) is 6.92 Å². The summed E-state index contributed by atoms with van der Waals surface area (Å²) in [6, 6.07) is 18.3. The Bertz CT molecular complexity index is 1370. The molecule has 0 bridgehead atoms. The number of aryl methyl sites for hydroxylation is 1. The lowest BCUT2D eigenvalue weighted by atomic mass is 10.0. The standard InChI is InChI=1S/C27H27ClN4O/c1-18-4-6-21(14-19(18)17-32-12-10-31(2)11-13-32)29-27-23-8-5-20(28)15-26(23)30-25-9-7-22(33-3)16-24(25)27/h4-10,12,14-16H,11,13,17H2,1-3H3,(H,29,30). The zero-order chi connectivity index (χ0) is 22.9. The number of halogens is 1. The molecule has 0 aliphatic carbocycles. The number of hydrogen-bond donors (Lipinski definition) is 1. The minimum Gasteiger partial charge on any atom is -0.497 e. The van der Waals surface area contributed by atoms with Crippen LogP contribution in [0.5, 0.6) is 5.75 Å². The maximum absolute atomic E-state index is 6.28. The highest BCUT2D eigenvalue weighted by molar-refractivity contribution is 6.31. The Morgan fingerprint density at radius 1 is 0.970 bits per heavy atom. The quantitative estimate of drug-likeness (QED) is 0.354. The summed E-state index contributed by atoms with van der Waals surface area (Å²) in [5.74, 6) is 0.798. The van der Waals surface area contributed by atoms with Crippen molar-refractivity contribution in [1.29, 1.82) is 0 Å². The maximum Gasteiger partial charge on any atom is 0.119 e. The fourth-order valence-corrected chi connectivity index (χ4v) is 4.38. The number of nitrogens with one attached hydrogen (secondary N) is 1. The van der Waals surface area contributed by atoms with E-state index in [1.807, 2.05) is 36.4 Å². The van der Waals surface area contributed by atoms with Crippen LogP contribution in [0.25, 0.3) is 21.8 Å². The third kappa shape index (κ3) is 4.41. The first kappa shape index (κ1) is 21.4. The van der Waals surface area contributed by atoms with Crippen molar-refractivity contribution in [2.24, 2.45) is 0 Å². The van der Waals surface area contributed by atoms with Crippen LogP contribution in [0.15, 0.2) is 67.0 Å². The van der Waals surface area contributed by atoms with E-state index in [2.05, 4.69) is 59.7 Å². The summed E-state index contributed by atoms with van der Waals surface area (Å²) in [6.07, 6.45) is 4.30. The van der Waals surface area contributed by atoms with Crippen LogP contribution in [-0.2, 0) is 6.54 Å². The van der Waals surface area contributed by atoms with Gasteiger partial charge in [-0.25, -0.2) is 4.98 Å². The number of methoxy groups -OCH3 is 1. The van der Waals surface area contributed by atoms with Crippen LogP contribution in [-0.4, -0.2) is 42.0 Å². The second kappa shape index (κ2) is 8.83. The molecule has 0 fully saturated rings. The molecule has 6 heteroatoms. The smallest absolute Gasteiger partial charge is 0.119 e. The number of aromatic nitrogens is 1. The molecule has 1 aromatic heterocycles. The molecule has 0 saturated heterocycles. The fraction of sp³-hybridized carbons (Fsp3) is 0.222. The van der Waals surface area contributed by atoms with Gasteiger partial charge in [0.2, 0.25) is 0 Å². The van der Waals surface area contributed by atoms with Crippen LogP contribution in [0.2, 0.25) is 5.02 Å². The monoisotopic (exact) mass is 458 g/mol. The fourth-order valence-electron chi connectivity index (χ4n) is 4.22. The number of fused-ring (bicyclic) bond motifs is 2. The minimum atomic E-state index is 0.673. The summed E-state index contributed by atoms with van der Waals surface area (Å²) in [7, 11) is 3.79. The van der Waals surface area contributed by atoms with Crippen molar-refractivity contribution >= 4 is 44.8 Å². The molecular formula is C27H27ClN4O. The van der Waals surface area contributed by atoms with Crippen molar-refractivity contribution in [2.45, 2.75) is 13.5 Å². The average Bonchev–Trinajstić information content (AvgIpc) is 2.82. The lowest BCUT2D eigenvalue weighted by Crippen LogP contribution is -2.32. The summed E-state index contributed by atoms with van der Waals surface area (Å²) in [4.78, 5) is 9.40. The second-order valence-electron chi connectivity index (χ2n) is 8.55. The molecule has 0 spiro atoms. The van der Waals surface area contributed by atoms with E-state index in [4.69, 9.17) is 21.3 Å². The molecule has 33 heavy (non-hydrogen) atoms. The van der Waals surface area contributed by atoms with E-state index in [1.165, 1.54) is 11.1 Å². The predicted octanol–water partition coefficient (Wildman–Crippen LogP) is 6.32. The van der Waals surface area contributed by atoms with Gasteiger partial charge in [0, 0.05) is 60.6 Å². The summed E-state index contributed by atoms with van der Waals surface area (Å²) in [5, 5.41) is 6.39. The van der Waals surface area contributed by atoms with E-state index in [0.29, 0.717) is 5.02 Å². The van der Waals surface area contributed by atoms with Gasteiger partial charge in [-0.3, -0.25) is 0 Å². The van der Waals surface area contributed by atoms with Crippen molar-refractivity contribution < 1.29 is 4.74 Å². The highest BCUT2D eigenvalue weighted by Crippen LogP contribution is 2.36. The van der Waals surface area contributed by atoms with Crippen molar-refractivity contribution in [3.8, 4) is 5.75 Å². The van der Waals surface area contributed by atoms with E-state index in [-0.39, 0.29) is 0 Å². The lowest BCUT2D eigenvalue weighted by Gasteiger charge is -2.29. The number of pyridine rings is 1. The van der Waals surface area contributed by atoms with Gasteiger partial charge in [0.1, 0.15) is 5.75 Å². The van der Waals surface area contributed by atoms with Gasteiger partial charge in [-0.05, 0) is 66.6 Å². The van der Waals surface area contributed by atoms with E-state index >= 15 is 0 Å². The molecule has 2 heterocycles. The normalized spacial score (nSPS) is 13.7. The van der Waals surface area contributed by atoms with Gasteiger partial charge in [-0.1, -0.05) is 17.7 Å². The van der Waals surface area contributed by atoms with Gasteiger partial charge in [0.05, 0.1) is 23.8 Å². The predicted molar refractivity (Wildman–Crippen MR) is 137 cm³/mol. The molecule has 1 aliphatic rings. The highest BCUT2D eigenvalue weighted by atomic mass is 35.5. The van der Waals surface area contributed by atoms with Crippen molar-refractivity contribution in [3.05, 3.63) is 83.1 Å². The molecule has 168 valence electrons. The van der Waals surface area contributed by atoms with Gasteiger partial charge in [0.25, 0.3) is 0 Å². The molecule has 5 nitrogen and oxygen atoms in total. The Labute approximate surface area is 199 Å². The second-order valence-corrected chi connectivity index (χ2v) is 8.98. The Kier molecular flexibility index (Phi) is 5.73. The molecule has 3 aromatic carbocycles. The first-order valence-corrected chi connectivity index (χ1v) is 11.4. The van der Waals surface area contributed by atoms with E-state index in [0.717, 1.165) is 58.6 Å². The Morgan fingerprint density at radius 3 is 2.64 bits per heavy atom. The molecule has 0 saturated carbocycles. The molecular weight excluding hydrogens is 432 g/mol. The minimum absolute atomic E-state index is 0.673. The largest absolute Gasteiger partial charge is 0.497 e. The molecule has 1 N–H and O–H groups in total. The lowest BCUT2D eigenvalue weighted by molar-refractivity contribution is 0.282. The van der Waals surface area contributed by atoms with Gasteiger partial charge < -0.3 is 19.9 Å².